The number of aromatic nitrogens is 2. The first-order valence-electron chi connectivity index (χ1n) is 6.47. The zero-order valence-corrected chi connectivity index (χ0v) is 11.3. The zero-order valence-electron chi connectivity index (χ0n) is 11.3. The molecule has 1 atom stereocenters. The Morgan fingerprint density at radius 1 is 1.20 bits per heavy atom. The van der Waals surface area contributed by atoms with Gasteiger partial charge in [0.2, 0.25) is 0 Å². The Balaban J connectivity index is 2.48. The molecule has 0 aliphatic rings. The third kappa shape index (κ3) is 2.85. The molecule has 1 N–H and O–H groups in total. The molecule has 2 aromatic rings. The van der Waals surface area contributed by atoms with Crippen molar-refractivity contribution in [2.24, 2.45) is 0 Å². The van der Waals surface area contributed by atoms with Crippen LogP contribution < -0.4 is 5.32 Å². The summed E-state index contributed by atoms with van der Waals surface area (Å²) in [7, 11) is 0. The molecule has 0 amide bonds. The van der Waals surface area contributed by atoms with Crippen molar-refractivity contribution in [3.05, 3.63) is 53.1 Å². The number of benzene rings is 1. The molecule has 20 heavy (non-hydrogen) atoms. The first kappa shape index (κ1) is 14.6. The van der Waals surface area contributed by atoms with Crippen LogP contribution in [0.15, 0.2) is 24.5 Å². The van der Waals surface area contributed by atoms with Crippen molar-refractivity contribution >= 4 is 0 Å². The van der Waals surface area contributed by atoms with Crippen LogP contribution in [-0.2, 0) is 6.54 Å². The number of nitrogens with one attached hydrogen (secondary N) is 1. The second-order valence-corrected chi connectivity index (χ2v) is 4.40. The van der Waals surface area contributed by atoms with E-state index in [1.807, 2.05) is 13.8 Å². The van der Waals surface area contributed by atoms with Crippen LogP contribution in [-0.4, -0.2) is 16.3 Å². The van der Waals surface area contributed by atoms with Crippen LogP contribution >= 0.6 is 0 Å². The number of rotatable bonds is 5. The largest absolute Gasteiger partial charge is 0.306 e. The maximum absolute atomic E-state index is 13.9. The van der Waals surface area contributed by atoms with E-state index in [0.717, 1.165) is 0 Å². The SMILES string of the molecule is CCNC(c1cnn(CC)c1)c1c(F)cc(F)cc1F. The van der Waals surface area contributed by atoms with Gasteiger partial charge in [-0.05, 0) is 13.5 Å². The molecule has 0 fully saturated rings. The second-order valence-electron chi connectivity index (χ2n) is 4.40. The van der Waals surface area contributed by atoms with Gasteiger partial charge >= 0.3 is 0 Å². The second kappa shape index (κ2) is 6.09. The molecule has 0 aliphatic heterocycles. The highest BCUT2D eigenvalue weighted by molar-refractivity contribution is 5.32. The maximum atomic E-state index is 13.9. The summed E-state index contributed by atoms with van der Waals surface area (Å²) in [6.45, 7) is 4.92. The van der Waals surface area contributed by atoms with Crippen LogP contribution in [0.5, 0.6) is 0 Å². The highest BCUT2D eigenvalue weighted by Gasteiger charge is 2.23. The number of hydrogen-bond donors (Lipinski definition) is 1. The molecule has 0 spiro atoms. The maximum Gasteiger partial charge on any atom is 0.134 e. The predicted octanol–water partition coefficient (Wildman–Crippen LogP) is 3.02. The lowest BCUT2D eigenvalue weighted by Crippen LogP contribution is -2.24. The highest BCUT2D eigenvalue weighted by Crippen LogP contribution is 2.27. The van der Waals surface area contributed by atoms with Gasteiger partial charge in [-0.1, -0.05) is 6.92 Å². The van der Waals surface area contributed by atoms with Gasteiger partial charge in [-0.15, -0.1) is 0 Å². The quantitative estimate of drug-likeness (QED) is 0.914. The molecule has 1 unspecified atom stereocenters. The van der Waals surface area contributed by atoms with E-state index in [4.69, 9.17) is 0 Å². The van der Waals surface area contributed by atoms with Gasteiger partial charge in [0, 0.05) is 36.0 Å². The van der Waals surface area contributed by atoms with Crippen molar-refractivity contribution in [3.8, 4) is 0 Å². The molecule has 108 valence electrons. The minimum absolute atomic E-state index is 0.191. The molecule has 0 radical (unpaired) electrons. The van der Waals surface area contributed by atoms with E-state index < -0.39 is 23.5 Å². The summed E-state index contributed by atoms with van der Waals surface area (Å²) in [4.78, 5) is 0. The van der Waals surface area contributed by atoms with Crippen molar-refractivity contribution in [1.29, 1.82) is 0 Å². The van der Waals surface area contributed by atoms with E-state index in [1.165, 1.54) is 0 Å². The van der Waals surface area contributed by atoms with Gasteiger partial charge in [0.15, 0.2) is 0 Å². The Morgan fingerprint density at radius 2 is 1.85 bits per heavy atom. The van der Waals surface area contributed by atoms with Crippen LogP contribution in [0.2, 0.25) is 0 Å². The molecule has 3 nitrogen and oxygen atoms in total. The predicted molar refractivity (Wildman–Crippen MR) is 69.7 cm³/mol. The normalized spacial score (nSPS) is 12.7. The molecule has 0 aliphatic carbocycles. The van der Waals surface area contributed by atoms with E-state index in [2.05, 4.69) is 10.4 Å². The van der Waals surface area contributed by atoms with Crippen LogP contribution in [0.25, 0.3) is 0 Å². The Kier molecular flexibility index (Phi) is 4.44. The van der Waals surface area contributed by atoms with Crippen molar-refractivity contribution in [1.82, 2.24) is 15.1 Å². The molecule has 1 aromatic heterocycles. The fraction of sp³-hybridized carbons (Fsp3) is 0.357. The third-order valence-electron chi connectivity index (χ3n) is 3.05. The average Bonchev–Trinajstić information content (AvgIpc) is 2.85. The summed E-state index contributed by atoms with van der Waals surface area (Å²) in [5.41, 5.74) is 0.446. The van der Waals surface area contributed by atoms with E-state index >= 15 is 0 Å². The van der Waals surface area contributed by atoms with Crippen LogP contribution in [0.1, 0.15) is 31.0 Å². The number of nitrogens with zero attached hydrogens (tertiary/aromatic N) is 2. The Morgan fingerprint density at radius 3 is 2.35 bits per heavy atom. The first-order chi connectivity index (χ1) is 9.56. The van der Waals surface area contributed by atoms with Crippen molar-refractivity contribution in [2.75, 3.05) is 6.54 Å². The van der Waals surface area contributed by atoms with Crippen molar-refractivity contribution in [3.63, 3.8) is 0 Å². The fourth-order valence-electron chi connectivity index (χ4n) is 2.12. The van der Waals surface area contributed by atoms with Gasteiger partial charge in [-0.2, -0.15) is 5.10 Å². The molecular weight excluding hydrogens is 267 g/mol. The van der Waals surface area contributed by atoms with E-state index in [1.54, 1.807) is 17.1 Å². The van der Waals surface area contributed by atoms with Crippen molar-refractivity contribution < 1.29 is 13.2 Å². The number of halogens is 3. The minimum atomic E-state index is -0.928. The van der Waals surface area contributed by atoms with Gasteiger partial charge in [-0.25, -0.2) is 13.2 Å². The Bertz CT molecular complexity index is 572. The topological polar surface area (TPSA) is 29.9 Å². The Labute approximate surface area is 115 Å². The minimum Gasteiger partial charge on any atom is -0.306 e. The lowest BCUT2D eigenvalue weighted by molar-refractivity contribution is 0.491. The molecule has 0 saturated heterocycles. The van der Waals surface area contributed by atoms with Crippen LogP contribution in [0, 0.1) is 17.5 Å². The monoisotopic (exact) mass is 283 g/mol. The van der Waals surface area contributed by atoms with Gasteiger partial charge in [0.1, 0.15) is 17.5 Å². The zero-order chi connectivity index (χ0) is 14.7. The van der Waals surface area contributed by atoms with Crippen LogP contribution in [0.3, 0.4) is 0 Å². The van der Waals surface area contributed by atoms with E-state index in [-0.39, 0.29) is 5.56 Å². The van der Waals surface area contributed by atoms with Crippen LogP contribution in [0.4, 0.5) is 13.2 Å². The highest BCUT2D eigenvalue weighted by atomic mass is 19.1. The summed E-state index contributed by atoms with van der Waals surface area (Å²) in [5.74, 6) is -2.74. The van der Waals surface area contributed by atoms with Gasteiger partial charge in [0.05, 0.1) is 12.2 Å². The fourth-order valence-corrected chi connectivity index (χ4v) is 2.12. The first-order valence-corrected chi connectivity index (χ1v) is 6.47. The smallest absolute Gasteiger partial charge is 0.134 e. The third-order valence-corrected chi connectivity index (χ3v) is 3.05. The number of aryl methyl sites for hydroxylation is 1. The molecule has 1 heterocycles. The summed E-state index contributed by atoms with van der Waals surface area (Å²) in [6, 6.07) is 0.681. The summed E-state index contributed by atoms with van der Waals surface area (Å²) in [5, 5.41) is 7.10. The molecule has 0 bridgehead atoms. The average molecular weight is 283 g/mol. The summed E-state index contributed by atoms with van der Waals surface area (Å²) < 4.78 is 42.5. The molecule has 1 aromatic carbocycles. The summed E-state index contributed by atoms with van der Waals surface area (Å²) in [6.07, 6.45) is 3.27. The van der Waals surface area contributed by atoms with Crippen molar-refractivity contribution in [2.45, 2.75) is 26.4 Å². The lowest BCUT2D eigenvalue weighted by atomic mass is 10.00. The summed E-state index contributed by atoms with van der Waals surface area (Å²) >= 11 is 0. The van der Waals surface area contributed by atoms with E-state index in [9.17, 15) is 13.2 Å². The molecular formula is C14H16F3N3. The van der Waals surface area contributed by atoms with Gasteiger partial charge in [0.25, 0.3) is 0 Å². The molecule has 6 heteroatoms. The Hall–Kier alpha value is -1.82. The van der Waals surface area contributed by atoms with Gasteiger partial charge in [-0.3, -0.25) is 4.68 Å². The number of hydrogen-bond acceptors (Lipinski definition) is 2. The van der Waals surface area contributed by atoms with E-state index in [0.29, 0.717) is 30.8 Å². The molecule has 0 saturated carbocycles. The van der Waals surface area contributed by atoms with Gasteiger partial charge < -0.3 is 5.32 Å². The lowest BCUT2D eigenvalue weighted by Gasteiger charge is -2.18. The standard InChI is InChI=1S/C14H16F3N3/c1-3-18-14(9-7-19-20(4-2)8-9)13-11(16)5-10(15)6-12(13)17/h5-8,14,18H,3-4H2,1-2H3. The molecule has 2 rings (SSSR count).